The van der Waals surface area contributed by atoms with Gasteiger partial charge in [0.15, 0.2) is 0 Å². The average molecular weight is 338 g/mol. The summed E-state index contributed by atoms with van der Waals surface area (Å²) in [6, 6.07) is 2.39. The Bertz CT molecular complexity index is 667. The van der Waals surface area contributed by atoms with Gasteiger partial charge >= 0.3 is 0 Å². The maximum Gasteiger partial charge on any atom is 0.228 e. The van der Waals surface area contributed by atoms with E-state index in [4.69, 9.17) is 0 Å². The highest BCUT2D eigenvalue weighted by Crippen LogP contribution is 2.36. The van der Waals surface area contributed by atoms with Crippen LogP contribution in [0, 0.1) is 17.6 Å². The number of β-amino-alcohol motifs (C(OH)–C–C–N with tert-alkyl or cyclic N) is 1. The number of aliphatic hydroxyl groups is 1. The smallest absolute Gasteiger partial charge is 0.228 e. The maximum absolute atomic E-state index is 14.1. The second-order valence-corrected chi connectivity index (χ2v) is 6.40. The van der Waals surface area contributed by atoms with Gasteiger partial charge in [0.1, 0.15) is 11.6 Å². The normalized spacial score (nSPS) is 27.2. The number of rotatable bonds is 3. The lowest BCUT2D eigenvalue weighted by Crippen LogP contribution is -2.38. The van der Waals surface area contributed by atoms with Crippen LogP contribution in [0.5, 0.6) is 0 Å². The van der Waals surface area contributed by atoms with E-state index >= 15 is 0 Å². The number of carbonyl (C=O) groups is 2. The summed E-state index contributed by atoms with van der Waals surface area (Å²) in [6.45, 7) is 2.78. The van der Waals surface area contributed by atoms with E-state index in [-0.39, 0.29) is 36.8 Å². The van der Waals surface area contributed by atoms with Gasteiger partial charge in [-0.1, -0.05) is 0 Å². The van der Waals surface area contributed by atoms with Gasteiger partial charge in [-0.2, -0.15) is 0 Å². The molecular formula is C17H20F2N2O3. The first-order valence-electron chi connectivity index (χ1n) is 8.12. The first kappa shape index (κ1) is 16.8. The Morgan fingerprint density at radius 1 is 1.33 bits per heavy atom. The van der Waals surface area contributed by atoms with Crippen molar-refractivity contribution in [3.05, 3.63) is 35.4 Å². The summed E-state index contributed by atoms with van der Waals surface area (Å²) >= 11 is 0. The number of halogens is 2. The zero-order valence-corrected chi connectivity index (χ0v) is 13.4. The topological polar surface area (TPSA) is 60.9 Å². The second kappa shape index (κ2) is 6.47. The monoisotopic (exact) mass is 338 g/mol. The molecule has 0 unspecified atom stereocenters. The Labute approximate surface area is 138 Å². The predicted molar refractivity (Wildman–Crippen MR) is 81.8 cm³/mol. The van der Waals surface area contributed by atoms with Crippen molar-refractivity contribution in [3.63, 3.8) is 0 Å². The van der Waals surface area contributed by atoms with Crippen LogP contribution >= 0.6 is 0 Å². The lowest BCUT2D eigenvalue weighted by Gasteiger charge is -2.27. The fourth-order valence-electron chi connectivity index (χ4n) is 3.60. The van der Waals surface area contributed by atoms with Gasteiger partial charge in [0, 0.05) is 31.6 Å². The fraction of sp³-hybridized carbons (Fsp3) is 0.529. The Hall–Kier alpha value is -2.02. The Kier molecular flexibility index (Phi) is 4.54. The molecule has 2 saturated heterocycles. The summed E-state index contributed by atoms with van der Waals surface area (Å²) < 4.78 is 27.6. The molecule has 1 N–H and O–H groups in total. The van der Waals surface area contributed by atoms with Gasteiger partial charge in [0.25, 0.3) is 0 Å². The summed E-state index contributed by atoms with van der Waals surface area (Å²) in [5.74, 6) is -2.06. The molecule has 2 aliphatic heterocycles. The van der Waals surface area contributed by atoms with E-state index in [1.807, 2.05) is 6.92 Å². The van der Waals surface area contributed by atoms with E-state index < -0.39 is 29.7 Å². The van der Waals surface area contributed by atoms with Gasteiger partial charge in [-0.15, -0.1) is 0 Å². The highest BCUT2D eigenvalue weighted by Gasteiger charge is 2.42. The van der Waals surface area contributed by atoms with E-state index in [0.29, 0.717) is 13.1 Å². The highest BCUT2D eigenvalue weighted by atomic mass is 19.1. The summed E-state index contributed by atoms with van der Waals surface area (Å²) in [6.07, 6.45) is -0.511. The van der Waals surface area contributed by atoms with Crippen molar-refractivity contribution >= 4 is 11.8 Å². The molecule has 3 atom stereocenters. The molecule has 2 aliphatic rings. The highest BCUT2D eigenvalue weighted by molar-refractivity contribution is 5.89. The second-order valence-electron chi connectivity index (χ2n) is 6.40. The zero-order chi connectivity index (χ0) is 17.4. The van der Waals surface area contributed by atoms with E-state index in [1.165, 1.54) is 4.90 Å². The third kappa shape index (κ3) is 3.00. The molecule has 130 valence electrons. The Morgan fingerprint density at radius 2 is 2.08 bits per heavy atom. The standard InChI is InChI=1S/C17H20F2N2O3/c1-2-20-8-10(5-16(20)23)17(24)21-9-12(22)7-15(21)13-6-11(18)3-4-14(13)19/h3-4,6,10,12,15,22H,2,5,7-9H2,1H3/t10-,12-,15+/m1/s1. The molecule has 0 spiro atoms. The van der Waals surface area contributed by atoms with Crippen molar-refractivity contribution in [2.75, 3.05) is 19.6 Å². The van der Waals surface area contributed by atoms with E-state index in [9.17, 15) is 23.5 Å². The first-order chi connectivity index (χ1) is 11.4. The molecular weight excluding hydrogens is 318 g/mol. The molecule has 3 rings (SSSR count). The SMILES string of the molecule is CCN1C[C@H](C(=O)N2C[C@H](O)C[C@H]2c2cc(F)ccc2F)CC1=O. The van der Waals surface area contributed by atoms with Crippen LogP contribution < -0.4 is 0 Å². The van der Waals surface area contributed by atoms with Crippen molar-refractivity contribution < 1.29 is 23.5 Å². The number of benzene rings is 1. The fourth-order valence-corrected chi connectivity index (χ4v) is 3.60. The number of likely N-dealkylation sites (tertiary alicyclic amines) is 2. The lowest BCUT2D eigenvalue weighted by atomic mass is 10.0. The van der Waals surface area contributed by atoms with Crippen LogP contribution in [0.1, 0.15) is 31.4 Å². The van der Waals surface area contributed by atoms with Crippen LogP contribution in [0.2, 0.25) is 0 Å². The molecule has 7 heteroatoms. The third-order valence-electron chi connectivity index (χ3n) is 4.82. The van der Waals surface area contributed by atoms with E-state index in [2.05, 4.69) is 0 Å². The molecule has 1 aromatic carbocycles. The van der Waals surface area contributed by atoms with Crippen molar-refractivity contribution in [1.29, 1.82) is 0 Å². The van der Waals surface area contributed by atoms with Crippen molar-refractivity contribution in [2.24, 2.45) is 5.92 Å². The van der Waals surface area contributed by atoms with Crippen LogP contribution in [0.15, 0.2) is 18.2 Å². The molecule has 0 aliphatic carbocycles. The molecule has 0 radical (unpaired) electrons. The minimum atomic E-state index is -0.791. The molecule has 2 heterocycles. The molecule has 0 aromatic heterocycles. The number of carbonyl (C=O) groups excluding carboxylic acids is 2. The molecule has 2 amide bonds. The average Bonchev–Trinajstić information content (AvgIpc) is 3.11. The first-order valence-corrected chi connectivity index (χ1v) is 8.12. The van der Waals surface area contributed by atoms with E-state index in [0.717, 1.165) is 18.2 Å². The minimum absolute atomic E-state index is 0.0657. The number of hydrogen-bond donors (Lipinski definition) is 1. The van der Waals surface area contributed by atoms with Gasteiger partial charge in [-0.25, -0.2) is 8.78 Å². The van der Waals surface area contributed by atoms with Crippen LogP contribution in [-0.4, -0.2) is 52.5 Å². The predicted octanol–water partition coefficient (Wildman–Crippen LogP) is 1.47. The maximum atomic E-state index is 14.1. The summed E-state index contributed by atoms with van der Waals surface area (Å²) in [4.78, 5) is 27.6. The molecule has 5 nitrogen and oxygen atoms in total. The Balaban J connectivity index is 1.84. The molecule has 1 aromatic rings. The molecule has 0 bridgehead atoms. The number of hydrogen-bond acceptors (Lipinski definition) is 3. The Morgan fingerprint density at radius 3 is 2.75 bits per heavy atom. The summed E-state index contributed by atoms with van der Waals surface area (Å²) in [7, 11) is 0. The van der Waals surface area contributed by atoms with Crippen molar-refractivity contribution in [2.45, 2.75) is 31.9 Å². The van der Waals surface area contributed by atoms with Crippen LogP contribution in [0.25, 0.3) is 0 Å². The number of amides is 2. The number of aliphatic hydroxyl groups excluding tert-OH is 1. The van der Waals surface area contributed by atoms with Gasteiger partial charge in [-0.3, -0.25) is 9.59 Å². The third-order valence-corrected chi connectivity index (χ3v) is 4.82. The zero-order valence-electron chi connectivity index (χ0n) is 13.4. The van der Waals surface area contributed by atoms with Crippen LogP contribution in [-0.2, 0) is 9.59 Å². The number of nitrogens with zero attached hydrogens (tertiary/aromatic N) is 2. The van der Waals surface area contributed by atoms with Gasteiger partial charge in [0.05, 0.1) is 18.1 Å². The van der Waals surface area contributed by atoms with Crippen LogP contribution in [0.3, 0.4) is 0 Å². The van der Waals surface area contributed by atoms with Gasteiger partial charge < -0.3 is 14.9 Å². The van der Waals surface area contributed by atoms with Crippen molar-refractivity contribution in [1.82, 2.24) is 9.80 Å². The lowest BCUT2D eigenvalue weighted by molar-refractivity contribution is -0.137. The van der Waals surface area contributed by atoms with Crippen molar-refractivity contribution in [3.8, 4) is 0 Å². The quantitative estimate of drug-likeness (QED) is 0.908. The largest absolute Gasteiger partial charge is 0.391 e. The molecule has 2 fully saturated rings. The van der Waals surface area contributed by atoms with Gasteiger partial charge in [0.2, 0.25) is 11.8 Å². The molecule has 24 heavy (non-hydrogen) atoms. The van der Waals surface area contributed by atoms with E-state index in [1.54, 1.807) is 4.90 Å². The molecule has 0 saturated carbocycles. The summed E-state index contributed by atoms with van der Waals surface area (Å²) in [5.41, 5.74) is 0.0663. The van der Waals surface area contributed by atoms with Gasteiger partial charge in [-0.05, 0) is 31.5 Å². The summed E-state index contributed by atoms with van der Waals surface area (Å²) in [5, 5.41) is 9.95. The van der Waals surface area contributed by atoms with Crippen LogP contribution in [0.4, 0.5) is 8.78 Å². The minimum Gasteiger partial charge on any atom is -0.391 e.